The van der Waals surface area contributed by atoms with Gasteiger partial charge in [0.05, 0.1) is 11.2 Å². The summed E-state index contributed by atoms with van der Waals surface area (Å²) in [5.74, 6) is 1.15. The molecule has 0 bridgehead atoms. The first-order chi connectivity index (χ1) is 16.5. The van der Waals surface area contributed by atoms with Crippen LogP contribution in [-0.2, 0) is 18.8 Å². The second kappa shape index (κ2) is 11.0. The van der Waals surface area contributed by atoms with Gasteiger partial charge in [0.1, 0.15) is 18.3 Å². The molecule has 4 rings (SSSR count). The number of nitrogens with zero attached hydrogens (tertiary/aromatic N) is 3. The van der Waals surface area contributed by atoms with Crippen LogP contribution in [0.3, 0.4) is 0 Å². The molecule has 0 amide bonds. The van der Waals surface area contributed by atoms with Crippen molar-refractivity contribution in [1.29, 1.82) is 0 Å². The molecule has 1 aliphatic heterocycles. The molecule has 0 aliphatic carbocycles. The predicted octanol–water partition coefficient (Wildman–Crippen LogP) is 5.80. The van der Waals surface area contributed by atoms with Crippen molar-refractivity contribution in [2.45, 2.75) is 59.3 Å². The molecule has 1 aromatic heterocycles. The minimum Gasteiger partial charge on any atom is -0.360 e. The van der Waals surface area contributed by atoms with Crippen molar-refractivity contribution in [2.75, 3.05) is 13.1 Å². The Morgan fingerprint density at radius 3 is 2.37 bits per heavy atom. The molecule has 0 saturated heterocycles. The van der Waals surface area contributed by atoms with Gasteiger partial charge in [0.2, 0.25) is 0 Å². The van der Waals surface area contributed by atoms with Gasteiger partial charge >= 0.3 is 0 Å². The minimum absolute atomic E-state index is 0.171. The molecule has 0 radical (unpaired) electrons. The Balaban J connectivity index is 0.000000363. The SMILES string of the molecule is C=C(CN)N1CCn2c(nc(-c3cc(CF)ccc3P)c2C(C)C)C1(C)C.Cc1ccc(F)cc1. The van der Waals surface area contributed by atoms with Gasteiger partial charge in [-0.25, -0.2) is 13.8 Å². The Hall–Kier alpha value is -2.56. The van der Waals surface area contributed by atoms with E-state index in [2.05, 4.69) is 53.0 Å². The molecule has 0 fully saturated rings. The molecule has 188 valence electrons. The number of halogens is 2. The largest absolute Gasteiger partial charge is 0.360 e. The quantitative estimate of drug-likeness (QED) is 0.452. The summed E-state index contributed by atoms with van der Waals surface area (Å²) >= 11 is 0. The highest BCUT2D eigenvalue weighted by atomic mass is 31.0. The van der Waals surface area contributed by atoms with Crippen LogP contribution in [0.1, 0.15) is 56.3 Å². The van der Waals surface area contributed by atoms with Crippen LogP contribution in [0.5, 0.6) is 0 Å². The summed E-state index contributed by atoms with van der Waals surface area (Å²) in [4.78, 5) is 7.35. The molecule has 4 nitrogen and oxygen atoms in total. The summed E-state index contributed by atoms with van der Waals surface area (Å²) in [7, 11) is 2.76. The first kappa shape index (κ1) is 27.0. The highest BCUT2D eigenvalue weighted by molar-refractivity contribution is 7.28. The van der Waals surface area contributed by atoms with Crippen LogP contribution in [0.4, 0.5) is 8.78 Å². The number of alkyl halides is 1. The van der Waals surface area contributed by atoms with Crippen molar-refractivity contribution < 1.29 is 8.78 Å². The zero-order chi connectivity index (χ0) is 25.9. The Kier molecular flexibility index (Phi) is 8.50. The zero-order valence-corrected chi connectivity index (χ0v) is 22.6. The highest BCUT2D eigenvalue weighted by Gasteiger charge is 2.39. The molecular formula is C28H37F2N4P. The summed E-state index contributed by atoms with van der Waals surface area (Å²) in [6.45, 7) is 16.4. The first-order valence-corrected chi connectivity index (χ1v) is 12.5. The molecule has 7 heteroatoms. The molecule has 1 aliphatic rings. The molecule has 1 atom stereocenters. The van der Waals surface area contributed by atoms with E-state index in [0.29, 0.717) is 18.0 Å². The lowest BCUT2D eigenvalue weighted by molar-refractivity contribution is 0.116. The summed E-state index contributed by atoms with van der Waals surface area (Å²) < 4.78 is 27.7. The predicted molar refractivity (Wildman–Crippen MR) is 145 cm³/mol. The van der Waals surface area contributed by atoms with Gasteiger partial charge in [-0.1, -0.05) is 50.3 Å². The fraction of sp³-hybridized carbons (Fsp3) is 0.393. The van der Waals surface area contributed by atoms with Crippen molar-refractivity contribution >= 4 is 14.5 Å². The maximum absolute atomic E-state index is 13.3. The second-order valence-electron chi connectivity index (χ2n) is 9.81. The van der Waals surface area contributed by atoms with Crippen molar-refractivity contribution in [3.05, 3.63) is 83.2 Å². The van der Waals surface area contributed by atoms with Crippen LogP contribution in [0.2, 0.25) is 0 Å². The van der Waals surface area contributed by atoms with E-state index in [1.807, 2.05) is 25.1 Å². The third-order valence-electron chi connectivity index (χ3n) is 6.48. The lowest BCUT2D eigenvalue weighted by Crippen LogP contribution is -2.49. The molecule has 0 spiro atoms. The van der Waals surface area contributed by atoms with E-state index in [1.165, 1.54) is 17.8 Å². The van der Waals surface area contributed by atoms with Crippen molar-refractivity contribution in [2.24, 2.45) is 5.73 Å². The Morgan fingerprint density at radius 2 is 1.83 bits per heavy atom. The van der Waals surface area contributed by atoms with E-state index in [9.17, 15) is 8.78 Å². The average molecular weight is 499 g/mol. The average Bonchev–Trinajstić information content (AvgIpc) is 3.22. The number of rotatable bonds is 5. The number of aromatic nitrogens is 2. The van der Waals surface area contributed by atoms with Crippen LogP contribution >= 0.6 is 9.24 Å². The number of nitrogens with two attached hydrogens (primary N) is 1. The summed E-state index contributed by atoms with van der Waals surface area (Å²) in [5, 5.41) is 1.03. The molecule has 0 saturated carbocycles. The lowest BCUT2D eigenvalue weighted by atomic mass is 9.97. The van der Waals surface area contributed by atoms with E-state index >= 15 is 0 Å². The highest BCUT2D eigenvalue weighted by Crippen LogP contribution is 2.39. The van der Waals surface area contributed by atoms with Gasteiger partial charge in [0, 0.05) is 36.6 Å². The van der Waals surface area contributed by atoms with Crippen molar-refractivity contribution in [3.63, 3.8) is 0 Å². The molecular weight excluding hydrogens is 461 g/mol. The van der Waals surface area contributed by atoms with Crippen molar-refractivity contribution in [1.82, 2.24) is 14.5 Å². The third-order valence-corrected chi connectivity index (χ3v) is 6.98. The smallest absolute Gasteiger partial charge is 0.135 e. The number of imidazole rings is 1. The number of aryl methyl sites for hydroxylation is 1. The maximum atomic E-state index is 13.3. The third kappa shape index (κ3) is 5.65. The van der Waals surface area contributed by atoms with Gasteiger partial charge in [-0.2, -0.15) is 0 Å². The van der Waals surface area contributed by atoms with Gasteiger partial charge in [-0.05, 0) is 55.8 Å². The lowest BCUT2D eigenvalue weighted by Gasteiger charge is -2.45. The molecule has 3 aromatic rings. The monoisotopic (exact) mass is 498 g/mol. The fourth-order valence-corrected chi connectivity index (χ4v) is 4.95. The Morgan fingerprint density at radius 1 is 1.17 bits per heavy atom. The summed E-state index contributed by atoms with van der Waals surface area (Å²) in [5.41, 5.74) is 11.4. The number of benzene rings is 2. The van der Waals surface area contributed by atoms with Gasteiger partial charge in [-0.3, -0.25) is 0 Å². The van der Waals surface area contributed by atoms with E-state index in [-0.39, 0.29) is 11.4 Å². The normalized spacial score (nSPS) is 14.4. The Bertz CT molecular complexity index is 1160. The van der Waals surface area contributed by atoms with E-state index in [1.54, 1.807) is 12.1 Å². The molecule has 2 N–H and O–H groups in total. The van der Waals surface area contributed by atoms with Gasteiger partial charge in [-0.15, -0.1) is 9.24 Å². The second-order valence-corrected chi connectivity index (χ2v) is 10.4. The standard InChI is InChI=1S/C21H30FN4P.C7H7F/c1-13(2)19-18(16-10-15(11-22)6-7-17(16)27)24-20-21(4,5)26(14(3)12-23)9-8-25(19)20;1-6-2-4-7(8)5-3-6/h6-7,10,13H,3,8-9,11-12,23,27H2,1-2,4-5H3;2-5H,1H3. The first-order valence-electron chi connectivity index (χ1n) is 11.9. The molecule has 2 heterocycles. The van der Waals surface area contributed by atoms with Crippen LogP contribution in [0.25, 0.3) is 11.3 Å². The Labute approximate surface area is 210 Å². The minimum atomic E-state index is -0.474. The zero-order valence-electron chi connectivity index (χ0n) is 21.4. The summed E-state index contributed by atoms with van der Waals surface area (Å²) in [6, 6.07) is 12.1. The molecule has 35 heavy (non-hydrogen) atoms. The van der Waals surface area contributed by atoms with E-state index in [4.69, 9.17) is 10.7 Å². The number of hydrogen-bond acceptors (Lipinski definition) is 3. The number of hydrogen-bond donors (Lipinski definition) is 1. The topological polar surface area (TPSA) is 47.1 Å². The van der Waals surface area contributed by atoms with Crippen LogP contribution in [0, 0.1) is 12.7 Å². The molecule has 1 unspecified atom stereocenters. The van der Waals surface area contributed by atoms with Crippen LogP contribution in [-0.4, -0.2) is 27.5 Å². The fourth-order valence-electron chi connectivity index (χ4n) is 4.63. The van der Waals surface area contributed by atoms with Crippen LogP contribution in [0.15, 0.2) is 54.7 Å². The number of fused-ring (bicyclic) bond motifs is 1. The maximum Gasteiger partial charge on any atom is 0.135 e. The van der Waals surface area contributed by atoms with E-state index in [0.717, 1.165) is 46.7 Å². The van der Waals surface area contributed by atoms with Gasteiger partial charge in [0.25, 0.3) is 0 Å². The van der Waals surface area contributed by atoms with Crippen molar-refractivity contribution in [3.8, 4) is 11.3 Å². The van der Waals surface area contributed by atoms with Crippen LogP contribution < -0.4 is 11.0 Å². The van der Waals surface area contributed by atoms with Gasteiger partial charge < -0.3 is 15.2 Å². The van der Waals surface area contributed by atoms with E-state index < -0.39 is 6.67 Å². The molecule has 2 aromatic carbocycles. The van der Waals surface area contributed by atoms with Gasteiger partial charge in [0.15, 0.2) is 0 Å². The summed E-state index contributed by atoms with van der Waals surface area (Å²) in [6.07, 6.45) is 0.